The second kappa shape index (κ2) is 5.52. The molecule has 0 saturated heterocycles. The lowest BCUT2D eigenvalue weighted by Gasteiger charge is -2.08. The van der Waals surface area contributed by atoms with E-state index < -0.39 is 11.9 Å². The van der Waals surface area contributed by atoms with Gasteiger partial charge in [-0.25, -0.2) is 0 Å². The summed E-state index contributed by atoms with van der Waals surface area (Å²) in [7, 11) is 0. The molecule has 3 nitrogen and oxygen atoms in total. The largest absolute Gasteiger partial charge is 0.465 e. The van der Waals surface area contributed by atoms with Crippen LogP contribution < -0.4 is 0 Å². The smallest absolute Gasteiger partial charge is 0.327 e. The van der Waals surface area contributed by atoms with Crippen LogP contribution in [-0.4, -0.2) is 12.6 Å². The molecule has 0 fully saturated rings. The van der Waals surface area contributed by atoms with Crippen LogP contribution >= 0.6 is 15.9 Å². The number of carbonyl (C=O) groups is 1. The van der Waals surface area contributed by atoms with Crippen LogP contribution in [-0.2, 0) is 9.53 Å². The number of ether oxygens (including phenoxy) is 1. The van der Waals surface area contributed by atoms with E-state index in [1.165, 1.54) is 0 Å². The van der Waals surface area contributed by atoms with Crippen LogP contribution in [0.1, 0.15) is 18.4 Å². The summed E-state index contributed by atoms with van der Waals surface area (Å²) in [4.78, 5) is 11.4. The van der Waals surface area contributed by atoms with Gasteiger partial charge in [-0.05, 0) is 24.6 Å². The van der Waals surface area contributed by atoms with Gasteiger partial charge in [-0.3, -0.25) is 4.79 Å². The molecule has 0 spiro atoms. The maximum atomic E-state index is 11.4. The van der Waals surface area contributed by atoms with E-state index in [2.05, 4.69) is 15.9 Å². The quantitative estimate of drug-likeness (QED) is 0.792. The maximum absolute atomic E-state index is 11.4. The van der Waals surface area contributed by atoms with Gasteiger partial charge in [0.2, 0.25) is 0 Å². The van der Waals surface area contributed by atoms with Gasteiger partial charge >= 0.3 is 5.97 Å². The van der Waals surface area contributed by atoms with Gasteiger partial charge in [0.1, 0.15) is 0 Å². The van der Waals surface area contributed by atoms with Crippen molar-refractivity contribution in [1.82, 2.24) is 0 Å². The molecule has 0 bridgehead atoms. The highest BCUT2D eigenvalue weighted by Gasteiger charge is 2.20. The first-order valence-corrected chi connectivity index (χ1v) is 5.30. The van der Waals surface area contributed by atoms with Gasteiger partial charge in [-0.1, -0.05) is 28.1 Å². The number of hydrogen-bond acceptors (Lipinski definition) is 3. The first-order valence-electron chi connectivity index (χ1n) is 4.50. The molecule has 0 N–H and O–H groups in total. The molecule has 0 aliphatic rings. The third-order valence-corrected chi connectivity index (χ3v) is 2.38. The molecular weight excluding hydrogens is 258 g/mol. The Balaban J connectivity index is 2.89. The van der Waals surface area contributed by atoms with E-state index in [1.807, 2.05) is 6.07 Å². The number of benzene rings is 1. The molecular formula is C11H10BrNO2. The molecule has 0 amide bonds. The van der Waals surface area contributed by atoms with Crippen molar-refractivity contribution in [1.29, 1.82) is 5.26 Å². The van der Waals surface area contributed by atoms with E-state index in [1.54, 1.807) is 31.2 Å². The van der Waals surface area contributed by atoms with Gasteiger partial charge < -0.3 is 4.74 Å². The summed E-state index contributed by atoms with van der Waals surface area (Å²) < 4.78 is 5.72. The molecule has 0 saturated carbocycles. The van der Waals surface area contributed by atoms with Gasteiger partial charge in [0.25, 0.3) is 0 Å². The van der Waals surface area contributed by atoms with Crippen LogP contribution in [0.3, 0.4) is 0 Å². The standard InChI is InChI=1S/C11H10BrNO2/c1-2-15-11(14)10(7-13)8-3-5-9(12)6-4-8/h3-6,10H,2H2,1H3. The zero-order valence-corrected chi connectivity index (χ0v) is 9.82. The molecule has 0 aromatic heterocycles. The highest BCUT2D eigenvalue weighted by Crippen LogP contribution is 2.19. The fourth-order valence-electron chi connectivity index (χ4n) is 1.14. The fraction of sp³-hybridized carbons (Fsp3) is 0.273. The Hall–Kier alpha value is -1.34. The van der Waals surface area contributed by atoms with Gasteiger partial charge in [-0.2, -0.15) is 5.26 Å². The third-order valence-electron chi connectivity index (χ3n) is 1.85. The molecule has 0 aliphatic heterocycles. The van der Waals surface area contributed by atoms with Gasteiger partial charge in [-0.15, -0.1) is 0 Å². The van der Waals surface area contributed by atoms with E-state index in [0.717, 1.165) is 4.47 Å². The number of nitrogens with zero attached hydrogens (tertiary/aromatic N) is 1. The minimum Gasteiger partial charge on any atom is -0.465 e. The highest BCUT2D eigenvalue weighted by molar-refractivity contribution is 9.10. The van der Waals surface area contributed by atoms with Crippen molar-refractivity contribution in [3.63, 3.8) is 0 Å². The van der Waals surface area contributed by atoms with Crippen molar-refractivity contribution in [2.24, 2.45) is 0 Å². The molecule has 0 aliphatic carbocycles. The van der Waals surface area contributed by atoms with E-state index in [9.17, 15) is 4.79 Å². The van der Waals surface area contributed by atoms with Crippen LogP contribution in [0.4, 0.5) is 0 Å². The Morgan fingerprint density at radius 2 is 2.13 bits per heavy atom. The molecule has 1 aromatic rings. The van der Waals surface area contributed by atoms with Crippen LogP contribution in [0, 0.1) is 11.3 Å². The van der Waals surface area contributed by atoms with Gasteiger partial charge in [0.05, 0.1) is 12.7 Å². The summed E-state index contributed by atoms with van der Waals surface area (Å²) in [5.74, 6) is -1.33. The van der Waals surface area contributed by atoms with Gasteiger partial charge in [0.15, 0.2) is 5.92 Å². The van der Waals surface area contributed by atoms with E-state index in [-0.39, 0.29) is 6.61 Å². The Kier molecular flexibility index (Phi) is 4.32. The number of halogens is 1. The number of hydrogen-bond donors (Lipinski definition) is 0. The average Bonchev–Trinajstić information content (AvgIpc) is 2.22. The molecule has 1 atom stereocenters. The molecule has 0 radical (unpaired) electrons. The molecule has 1 rings (SSSR count). The van der Waals surface area contributed by atoms with Crippen molar-refractivity contribution < 1.29 is 9.53 Å². The predicted molar refractivity (Wildman–Crippen MR) is 59.1 cm³/mol. The van der Waals surface area contributed by atoms with Crippen molar-refractivity contribution in [2.75, 3.05) is 6.61 Å². The lowest BCUT2D eigenvalue weighted by atomic mass is 10.0. The zero-order valence-electron chi connectivity index (χ0n) is 8.24. The van der Waals surface area contributed by atoms with Crippen LogP contribution in [0.2, 0.25) is 0 Å². The Morgan fingerprint density at radius 1 is 1.53 bits per heavy atom. The monoisotopic (exact) mass is 267 g/mol. The summed E-state index contributed by atoms with van der Waals surface area (Å²) in [6.45, 7) is 2.00. The third kappa shape index (κ3) is 3.07. The van der Waals surface area contributed by atoms with E-state index >= 15 is 0 Å². The lowest BCUT2D eigenvalue weighted by molar-refractivity contribution is -0.143. The Labute approximate surface area is 96.8 Å². The minimum atomic E-state index is -0.835. The van der Waals surface area contributed by atoms with Crippen molar-refractivity contribution >= 4 is 21.9 Å². The minimum absolute atomic E-state index is 0.285. The van der Waals surface area contributed by atoms with Crippen molar-refractivity contribution in [2.45, 2.75) is 12.8 Å². The Bertz CT molecular complexity index is 381. The topological polar surface area (TPSA) is 50.1 Å². The number of carbonyl (C=O) groups excluding carboxylic acids is 1. The molecule has 15 heavy (non-hydrogen) atoms. The second-order valence-corrected chi connectivity index (χ2v) is 3.78. The number of esters is 1. The number of nitriles is 1. The molecule has 1 aromatic carbocycles. The van der Waals surface area contributed by atoms with Crippen LogP contribution in [0.15, 0.2) is 28.7 Å². The van der Waals surface area contributed by atoms with E-state index in [0.29, 0.717) is 5.56 Å². The summed E-state index contributed by atoms with van der Waals surface area (Å²) in [6.07, 6.45) is 0. The molecule has 1 unspecified atom stereocenters. The van der Waals surface area contributed by atoms with Crippen LogP contribution in [0.5, 0.6) is 0 Å². The number of rotatable bonds is 3. The SMILES string of the molecule is CCOC(=O)C(C#N)c1ccc(Br)cc1. The summed E-state index contributed by atoms with van der Waals surface area (Å²) in [5, 5.41) is 8.88. The van der Waals surface area contributed by atoms with E-state index in [4.69, 9.17) is 10.00 Å². The summed E-state index contributed by atoms with van der Waals surface area (Å²) in [5.41, 5.74) is 0.652. The lowest BCUT2D eigenvalue weighted by Crippen LogP contribution is -2.14. The molecule has 4 heteroatoms. The normalized spacial score (nSPS) is 11.5. The summed E-state index contributed by atoms with van der Waals surface area (Å²) >= 11 is 3.29. The first-order chi connectivity index (χ1) is 7.19. The van der Waals surface area contributed by atoms with Gasteiger partial charge in [0, 0.05) is 4.47 Å². The maximum Gasteiger partial charge on any atom is 0.327 e. The summed E-state index contributed by atoms with van der Waals surface area (Å²) in [6, 6.07) is 8.98. The predicted octanol–water partition coefficient (Wildman–Crippen LogP) is 2.62. The first kappa shape index (κ1) is 11.7. The highest BCUT2D eigenvalue weighted by atomic mass is 79.9. The fourth-order valence-corrected chi connectivity index (χ4v) is 1.41. The second-order valence-electron chi connectivity index (χ2n) is 2.87. The van der Waals surface area contributed by atoms with Crippen LogP contribution in [0.25, 0.3) is 0 Å². The Morgan fingerprint density at radius 3 is 2.60 bits per heavy atom. The molecule has 78 valence electrons. The molecule has 0 heterocycles. The zero-order chi connectivity index (χ0) is 11.3. The van der Waals surface area contributed by atoms with Crippen molar-refractivity contribution in [3.8, 4) is 6.07 Å². The van der Waals surface area contributed by atoms with Crippen molar-refractivity contribution in [3.05, 3.63) is 34.3 Å². The average molecular weight is 268 g/mol.